The number of methoxy groups -OCH3 is 1. The van der Waals surface area contributed by atoms with Gasteiger partial charge in [0, 0.05) is 18.7 Å². The van der Waals surface area contributed by atoms with Crippen molar-refractivity contribution < 1.29 is 14.5 Å². The Kier molecular flexibility index (Phi) is 4.22. The summed E-state index contributed by atoms with van der Waals surface area (Å²) in [5.74, 6) is 0.597. The number of ketones is 1. The Balaban J connectivity index is 2.47. The van der Waals surface area contributed by atoms with Crippen LogP contribution in [-0.2, 0) is 4.79 Å². The second-order valence-electron chi connectivity index (χ2n) is 4.93. The van der Waals surface area contributed by atoms with Crippen molar-refractivity contribution >= 4 is 17.2 Å². The second-order valence-corrected chi connectivity index (χ2v) is 4.93. The normalized spacial score (nSPS) is 18.7. The van der Waals surface area contributed by atoms with Crippen LogP contribution in [-0.4, -0.2) is 30.4 Å². The molecule has 1 heterocycles. The lowest BCUT2D eigenvalue weighted by Gasteiger charge is -2.35. The Labute approximate surface area is 117 Å². The van der Waals surface area contributed by atoms with E-state index in [-0.39, 0.29) is 17.5 Å². The minimum Gasteiger partial charge on any atom is -0.497 e. The Morgan fingerprint density at radius 1 is 1.45 bits per heavy atom. The molecule has 1 aliphatic heterocycles. The largest absolute Gasteiger partial charge is 0.497 e. The molecular weight excluding hydrogens is 260 g/mol. The number of carbonyl (C=O) groups is 1. The molecule has 20 heavy (non-hydrogen) atoms. The molecule has 0 amide bonds. The van der Waals surface area contributed by atoms with Crippen LogP contribution in [0.3, 0.4) is 0 Å². The van der Waals surface area contributed by atoms with E-state index in [1.165, 1.54) is 20.1 Å². The number of anilines is 1. The lowest BCUT2D eigenvalue weighted by Crippen LogP contribution is -2.44. The zero-order chi connectivity index (χ0) is 14.7. The van der Waals surface area contributed by atoms with Crippen LogP contribution < -0.4 is 9.64 Å². The summed E-state index contributed by atoms with van der Waals surface area (Å²) in [5.41, 5.74) is 0.480. The summed E-state index contributed by atoms with van der Waals surface area (Å²) in [4.78, 5) is 24.4. The Morgan fingerprint density at radius 2 is 2.20 bits per heavy atom. The standard InChI is InChI=1S/C14H18N2O4/c1-10(17)12-5-3-4-8-15(12)14-9-11(20-2)6-7-13(14)16(18)19/h6-7,9,12H,3-5,8H2,1-2H3. The third-order valence-corrected chi connectivity index (χ3v) is 3.66. The maximum atomic E-state index is 11.8. The average molecular weight is 278 g/mol. The first-order valence-electron chi connectivity index (χ1n) is 6.64. The Bertz CT molecular complexity index is 530. The average Bonchev–Trinajstić information content (AvgIpc) is 2.46. The number of nitro groups is 1. The van der Waals surface area contributed by atoms with Crippen molar-refractivity contribution in [2.45, 2.75) is 32.2 Å². The van der Waals surface area contributed by atoms with Gasteiger partial charge in [0.05, 0.1) is 18.1 Å². The Morgan fingerprint density at radius 3 is 2.80 bits per heavy atom. The van der Waals surface area contributed by atoms with E-state index in [9.17, 15) is 14.9 Å². The Hall–Kier alpha value is -2.11. The van der Waals surface area contributed by atoms with Gasteiger partial charge in [-0.3, -0.25) is 14.9 Å². The van der Waals surface area contributed by atoms with E-state index in [0.717, 1.165) is 19.3 Å². The number of benzene rings is 1. The number of hydrogen-bond donors (Lipinski definition) is 0. The molecule has 0 aliphatic carbocycles. The summed E-state index contributed by atoms with van der Waals surface area (Å²) >= 11 is 0. The van der Waals surface area contributed by atoms with Crippen molar-refractivity contribution in [1.29, 1.82) is 0 Å². The molecular formula is C14H18N2O4. The molecule has 0 bridgehead atoms. The van der Waals surface area contributed by atoms with Crippen LogP contribution >= 0.6 is 0 Å². The van der Waals surface area contributed by atoms with Gasteiger partial charge in [-0.05, 0) is 32.3 Å². The van der Waals surface area contributed by atoms with E-state index in [0.29, 0.717) is 18.0 Å². The molecule has 108 valence electrons. The number of nitrogens with zero attached hydrogens (tertiary/aromatic N) is 2. The summed E-state index contributed by atoms with van der Waals surface area (Å²) in [6.45, 7) is 2.19. The molecule has 0 N–H and O–H groups in total. The monoisotopic (exact) mass is 278 g/mol. The van der Waals surface area contributed by atoms with E-state index in [4.69, 9.17) is 4.74 Å². The van der Waals surface area contributed by atoms with E-state index < -0.39 is 4.92 Å². The van der Waals surface area contributed by atoms with Crippen molar-refractivity contribution in [3.05, 3.63) is 28.3 Å². The summed E-state index contributed by atoms with van der Waals surface area (Å²) < 4.78 is 5.14. The molecule has 1 atom stereocenters. The second kappa shape index (κ2) is 5.90. The first-order valence-corrected chi connectivity index (χ1v) is 6.64. The zero-order valence-electron chi connectivity index (χ0n) is 11.7. The van der Waals surface area contributed by atoms with Gasteiger partial charge < -0.3 is 9.64 Å². The molecule has 0 aromatic heterocycles. The fourth-order valence-corrected chi connectivity index (χ4v) is 2.66. The highest BCUT2D eigenvalue weighted by molar-refractivity contribution is 5.86. The highest BCUT2D eigenvalue weighted by Crippen LogP contribution is 2.35. The van der Waals surface area contributed by atoms with Crippen molar-refractivity contribution in [2.24, 2.45) is 0 Å². The minimum atomic E-state index is -0.416. The van der Waals surface area contributed by atoms with Crippen LogP contribution in [0.25, 0.3) is 0 Å². The van der Waals surface area contributed by atoms with Gasteiger partial charge >= 0.3 is 0 Å². The number of carbonyl (C=O) groups excluding carboxylic acids is 1. The lowest BCUT2D eigenvalue weighted by atomic mass is 9.98. The van der Waals surface area contributed by atoms with Gasteiger partial charge in [0.15, 0.2) is 5.78 Å². The molecule has 2 rings (SSSR count). The molecule has 6 nitrogen and oxygen atoms in total. The smallest absolute Gasteiger partial charge is 0.292 e. The van der Waals surface area contributed by atoms with Gasteiger partial charge in [0.1, 0.15) is 11.4 Å². The van der Waals surface area contributed by atoms with E-state index >= 15 is 0 Å². The number of ether oxygens (including phenoxy) is 1. The fraction of sp³-hybridized carbons (Fsp3) is 0.500. The highest BCUT2D eigenvalue weighted by atomic mass is 16.6. The van der Waals surface area contributed by atoms with Crippen molar-refractivity contribution in [3.63, 3.8) is 0 Å². The number of piperidine rings is 1. The number of nitro benzene ring substituents is 1. The molecule has 0 radical (unpaired) electrons. The topological polar surface area (TPSA) is 72.7 Å². The molecule has 0 spiro atoms. The van der Waals surface area contributed by atoms with Crippen LogP contribution in [0, 0.1) is 10.1 Å². The zero-order valence-corrected chi connectivity index (χ0v) is 11.7. The molecule has 1 aliphatic rings. The van der Waals surface area contributed by atoms with Crippen molar-refractivity contribution in [2.75, 3.05) is 18.6 Å². The maximum absolute atomic E-state index is 11.8. The van der Waals surface area contributed by atoms with E-state index in [2.05, 4.69) is 0 Å². The van der Waals surface area contributed by atoms with Gasteiger partial charge in [-0.15, -0.1) is 0 Å². The molecule has 6 heteroatoms. The van der Waals surface area contributed by atoms with Gasteiger partial charge in [-0.2, -0.15) is 0 Å². The number of rotatable bonds is 4. The van der Waals surface area contributed by atoms with Gasteiger partial charge in [0.25, 0.3) is 5.69 Å². The van der Waals surface area contributed by atoms with Gasteiger partial charge in [0.2, 0.25) is 0 Å². The first-order chi connectivity index (χ1) is 9.54. The fourth-order valence-electron chi connectivity index (χ4n) is 2.66. The van der Waals surface area contributed by atoms with Crippen LogP contribution in [0.5, 0.6) is 5.75 Å². The van der Waals surface area contributed by atoms with Crippen LogP contribution in [0.1, 0.15) is 26.2 Å². The van der Waals surface area contributed by atoms with Crippen molar-refractivity contribution in [3.8, 4) is 5.75 Å². The number of Topliss-reactive ketones (excluding diaryl/α,β-unsaturated/α-hetero) is 1. The summed E-state index contributed by atoms with van der Waals surface area (Å²) in [5, 5.41) is 11.2. The minimum absolute atomic E-state index is 0.0129. The highest BCUT2D eigenvalue weighted by Gasteiger charge is 2.30. The SMILES string of the molecule is COc1ccc([N+](=O)[O-])c(N2CCCCC2C(C)=O)c1. The summed E-state index contributed by atoms with van der Waals surface area (Å²) in [7, 11) is 1.52. The summed E-state index contributed by atoms with van der Waals surface area (Å²) in [6, 6.07) is 4.35. The predicted octanol–water partition coefficient (Wildman–Crippen LogP) is 2.55. The van der Waals surface area contributed by atoms with Crippen LogP contribution in [0.2, 0.25) is 0 Å². The first kappa shape index (κ1) is 14.3. The predicted molar refractivity (Wildman–Crippen MR) is 75.3 cm³/mol. The van der Waals surface area contributed by atoms with Crippen LogP contribution in [0.4, 0.5) is 11.4 Å². The molecule has 1 unspecified atom stereocenters. The molecule has 1 aromatic carbocycles. The van der Waals surface area contributed by atoms with Crippen molar-refractivity contribution in [1.82, 2.24) is 0 Å². The van der Waals surface area contributed by atoms with Gasteiger partial charge in [-0.25, -0.2) is 0 Å². The summed E-state index contributed by atoms with van der Waals surface area (Å²) in [6.07, 6.45) is 2.64. The maximum Gasteiger partial charge on any atom is 0.292 e. The van der Waals surface area contributed by atoms with Crippen LogP contribution in [0.15, 0.2) is 18.2 Å². The molecule has 1 saturated heterocycles. The van der Waals surface area contributed by atoms with E-state index in [1.54, 1.807) is 12.1 Å². The third-order valence-electron chi connectivity index (χ3n) is 3.66. The third kappa shape index (κ3) is 2.74. The van der Waals surface area contributed by atoms with E-state index in [1.807, 2.05) is 4.90 Å². The quantitative estimate of drug-likeness (QED) is 0.625. The lowest BCUT2D eigenvalue weighted by molar-refractivity contribution is -0.384. The molecule has 1 fully saturated rings. The number of hydrogen-bond acceptors (Lipinski definition) is 5. The molecule has 0 saturated carbocycles. The molecule has 1 aromatic rings. The van der Waals surface area contributed by atoms with Gasteiger partial charge in [-0.1, -0.05) is 0 Å².